The molecule has 6 nitrogen and oxygen atoms in total. The molecule has 8 heteroatoms. The number of aliphatic hydroxyl groups is 1. The maximum atomic E-state index is 12.6. The predicted molar refractivity (Wildman–Crippen MR) is 84.1 cm³/mol. The third kappa shape index (κ3) is 3.10. The van der Waals surface area contributed by atoms with E-state index < -0.39 is 10.0 Å². The Balaban J connectivity index is 1.87. The summed E-state index contributed by atoms with van der Waals surface area (Å²) in [5.41, 5.74) is 1.76. The van der Waals surface area contributed by atoms with Crippen LogP contribution in [0.4, 0.5) is 0 Å². The van der Waals surface area contributed by atoms with Gasteiger partial charge in [0.15, 0.2) is 0 Å². The average Bonchev–Trinajstić information content (AvgIpc) is 3.02. The number of hydrogen-bond donors (Lipinski definition) is 2. The smallest absolute Gasteiger partial charge is 0.250 e. The maximum absolute atomic E-state index is 12.6. The Morgan fingerprint density at radius 3 is 2.73 bits per heavy atom. The molecular weight excluding hydrogens is 322 g/mol. The molecule has 2 heterocycles. The molecule has 1 atom stereocenters. The van der Waals surface area contributed by atoms with Gasteiger partial charge in [0.25, 0.3) is 10.0 Å². The molecule has 1 fully saturated rings. The van der Waals surface area contributed by atoms with E-state index >= 15 is 0 Å². The first-order chi connectivity index (χ1) is 10.3. The Morgan fingerprint density at radius 1 is 1.50 bits per heavy atom. The fraction of sp³-hybridized carbons (Fsp3) is 0.500. The summed E-state index contributed by atoms with van der Waals surface area (Å²) in [6, 6.07) is 1.31. The first-order valence-electron chi connectivity index (χ1n) is 7.09. The number of aliphatic hydroxyl groups excluding tert-OH is 1. The molecule has 22 heavy (non-hydrogen) atoms. The van der Waals surface area contributed by atoms with Gasteiger partial charge in [-0.1, -0.05) is 0 Å². The Labute approximate surface area is 133 Å². The zero-order chi connectivity index (χ0) is 15.9. The Hall–Kier alpha value is -1.22. The summed E-state index contributed by atoms with van der Waals surface area (Å²) < 4.78 is 29.9. The van der Waals surface area contributed by atoms with Crippen LogP contribution >= 0.6 is 11.3 Å². The highest BCUT2D eigenvalue weighted by atomic mass is 32.2. The van der Waals surface area contributed by atoms with Crippen molar-refractivity contribution in [3.05, 3.63) is 35.0 Å². The lowest BCUT2D eigenvalue weighted by Crippen LogP contribution is -2.41. The van der Waals surface area contributed by atoms with Crippen LogP contribution in [0.15, 0.2) is 28.0 Å². The van der Waals surface area contributed by atoms with Gasteiger partial charge in [0.1, 0.15) is 4.21 Å². The number of aromatic nitrogens is 2. The minimum absolute atomic E-state index is 0.0926. The average molecular weight is 341 g/mol. The maximum Gasteiger partial charge on any atom is 0.250 e. The summed E-state index contributed by atoms with van der Waals surface area (Å²) in [6.45, 7) is 1.87. The number of rotatable bonds is 5. The number of thiophene rings is 1. The lowest BCUT2D eigenvalue weighted by atomic mass is 9.76. The summed E-state index contributed by atoms with van der Waals surface area (Å²) in [6.07, 6.45) is 4.37. The van der Waals surface area contributed by atoms with Gasteiger partial charge in [-0.15, -0.1) is 11.3 Å². The molecule has 0 aromatic carbocycles. The van der Waals surface area contributed by atoms with E-state index in [1.54, 1.807) is 24.0 Å². The van der Waals surface area contributed by atoms with E-state index in [2.05, 4.69) is 9.82 Å². The van der Waals surface area contributed by atoms with Crippen molar-refractivity contribution in [3.8, 4) is 0 Å². The number of sulfonamides is 1. The van der Waals surface area contributed by atoms with Gasteiger partial charge in [-0.3, -0.25) is 4.68 Å². The topological polar surface area (TPSA) is 84.2 Å². The summed E-state index contributed by atoms with van der Waals surface area (Å²) in [5, 5.41) is 15.5. The monoisotopic (exact) mass is 341 g/mol. The minimum Gasteiger partial charge on any atom is -0.393 e. The van der Waals surface area contributed by atoms with E-state index in [1.807, 2.05) is 18.5 Å². The third-order valence-electron chi connectivity index (χ3n) is 3.96. The highest BCUT2D eigenvalue weighted by Gasteiger charge is 2.38. The molecule has 3 rings (SSSR count). The largest absolute Gasteiger partial charge is 0.393 e. The van der Waals surface area contributed by atoms with Crippen LogP contribution in [0.5, 0.6) is 0 Å². The normalized spacial score (nSPS) is 23.2. The molecule has 0 amide bonds. The van der Waals surface area contributed by atoms with Crippen LogP contribution in [0.25, 0.3) is 0 Å². The van der Waals surface area contributed by atoms with Gasteiger partial charge in [-0.05, 0) is 42.7 Å². The molecule has 1 aliphatic rings. The molecule has 120 valence electrons. The molecule has 0 unspecified atom stereocenters. The van der Waals surface area contributed by atoms with E-state index in [-0.39, 0.29) is 18.1 Å². The van der Waals surface area contributed by atoms with Gasteiger partial charge in [0.2, 0.25) is 0 Å². The highest BCUT2D eigenvalue weighted by Crippen LogP contribution is 2.39. The lowest BCUT2D eigenvalue weighted by Gasteiger charge is -2.37. The molecular formula is C14H19N3O3S2. The van der Waals surface area contributed by atoms with Gasteiger partial charge in [-0.2, -0.15) is 5.10 Å². The van der Waals surface area contributed by atoms with Gasteiger partial charge in [-0.25, -0.2) is 13.1 Å². The fourth-order valence-corrected chi connectivity index (χ4v) is 5.25. The molecule has 0 bridgehead atoms. The van der Waals surface area contributed by atoms with E-state index in [1.165, 1.54) is 11.3 Å². The van der Waals surface area contributed by atoms with Crippen LogP contribution in [0, 0.1) is 12.8 Å². The van der Waals surface area contributed by atoms with Crippen molar-refractivity contribution < 1.29 is 13.5 Å². The first-order valence-corrected chi connectivity index (χ1v) is 9.45. The SMILES string of the molecule is Cc1csc(S(=O)(=O)N[C@@H](c2cnn(C)c2)C2CC(O)C2)c1. The summed E-state index contributed by atoms with van der Waals surface area (Å²) in [7, 11) is -1.77. The van der Waals surface area contributed by atoms with Gasteiger partial charge >= 0.3 is 0 Å². The molecule has 0 aliphatic heterocycles. The third-order valence-corrected chi connectivity index (χ3v) is 6.96. The Morgan fingerprint density at radius 2 is 2.23 bits per heavy atom. The second-order valence-corrected chi connectivity index (χ2v) is 8.73. The van der Waals surface area contributed by atoms with E-state index in [9.17, 15) is 13.5 Å². The van der Waals surface area contributed by atoms with Gasteiger partial charge in [0, 0.05) is 18.8 Å². The van der Waals surface area contributed by atoms with Crippen LogP contribution in [-0.4, -0.2) is 29.4 Å². The predicted octanol–water partition coefficient (Wildman–Crippen LogP) is 1.58. The molecule has 1 aliphatic carbocycles. The highest BCUT2D eigenvalue weighted by molar-refractivity contribution is 7.91. The van der Waals surface area contributed by atoms with Crippen LogP contribution in [-0.2, 0) is 17.1 Å². The van der Waals surface area contributed by atoms with Crippen LogP contribution in [0.2, 0.25) is 0 Å². The molecule has 0 spiro atoms. The lowest BCUT2D eigenvalue weighted by molar-refractivity contribution is 0.0280. The standard InChI is InChI=1S/C14H19N3O3S2/c1-9-3-13(21-8-9)22(19,20)16-14(10-4-12(18)5-10)11-6-15-17(2)7-11/h3,6-8,10,12,14,16,18H,4-5H2,1-2H3/t10?,12?,14-/m1/s1. The zero-order valence-electron chi connectivity index (χ0n) is 12.4. The minimum atomic E-state index is -3.57. The van der Waals surface area contributed by atoms with E-state index in [4.69, 9.17) is 0 Å². The Bertz CT molecular complexity index is 760. The van der Waals surface area contributed by atoms with Crippen molar-refractivity contribution in [2.75, 3.05) is 0 Å². The van der Waals surface area contributed by atoms with Crippen molar-refractivity contribution >= 4 is 21.4 Å². The van der Waals surface area contributed by atoms with E-state index in [0.29, 0.717) is 17.1 Å². The second-order valence-electron chi connectivity index (χ2n) is 5.87. The van der Waals surface area contributed by atoms with E-state index in [0.717, 1.165) is 11.1 Å². The fourth-order valence-electron chi connectivity index (χ4n) is 2.71. The van der Waals surface area contributed by atoms with Gasteiger partial charge in [0.05, 0.1) is 18.3 Å². The number of hydrogen-bond acceptors (Lipinski definition) is 5. The second kappa shape index (κ2) is 5.77. The van der Waals surface area contributed by atoms with Crippen molar-refractivity contribution in [1.29, 1.82) is 0 Å². The summed E-state index contributed by atoms with van der Waals surface area (Å²) in [5.74, 6) is 0.0926. The van der Waals surface area contributed by atoms with Crippen molar-refractivity contribution in [2.45, 2.75) is 36.1 Å². The molecule has 2 aromatic heterocycles. The Kier molecular flexibility index (Phi) is 4.11. The molecule has 2 aromatic rings. The first kappa shape index (κ1) is 15.7. The van der Waals surface area contributed by atoms with Crippen molar-refractivity contribution in [1.82, 2.24) is 14.5 Å². The quantitative estimate of drug-likeness (QED) is 0.865. The molecule has 2 N–H and O–H groups in total. The van der Waals surface area contributed by atoms with Crippen molar-refractivity contribution in [2.24, 2.45) is 13.0 Å². The number of nitrogens with zero attached hydrogens (tertiary/aromatic N) is 2. The zero-order valence-corrected chi connectivity index (χ0v) is 14.1. The summed E-state index contributed by atoms with van der Waals surface area (Å²) >= 11 is 1.22. The van der Waals surface area contributed by atoms with Crippen LogP contribution in [0.3, 0.4) is 0 Å². The molecule has 0 saturated heterocycles. The van der Waals surface area contributed by atoms with Crippen molar-refractivity contribution in [3.63, 3.8) is 0 Å². The summed E-state index contributed by atoms with van der Waals surface area (Å²) in [4.78, 5) is 0. The van der Waals surface area contributed by atoms with Crippen LogP contribution in [0.1, 0.15) is 30.0 Å². The van der Waals surface area contributed by atoms with Gasteiger partial charge < -0.3 is 5.11 Å². The number of aryl methyl sites for hydroxylation is 2. The van der Waals surface area contributed by atoms with Crippen LogP contribution < -0.4 is 4.72 Å². The molecule has 1 saturated carbocycles. The molecule has 0 radical (unpaired) electrons. The number of nitrogens with one attached hydrogen (secondary N) is 1.